The van der Waals surface area contributed by atoms with Gasteiger partial charge in [-0.2, -0.15) is 5.26 Å². The highest BCUT2D eigenvalue weighted by atomic mass is 35.5. The number of thiophene rings is 1. The molecule has 2 nitrogen and oxygen atoms in total. The molecule has 0 radical (unpaired) electrons. The third-order valence-corrected chi connectivity index (χ3v) is 2.65. The fourth-order valence-corrected chi connectivity index (χ4v) is 2.12. The molecule has 0 aliphatic rings. The second-order valence-electron chi connectivity index (χ2n) is 1.81. The zero-order valence-electron chi connectivity index (χ0n) is 5.40. The van der Waals surface area contributed by atoms with Crippen LogP contribution in [-0.2, 0) is 6.54 Å². The van der Waals surface area contributed by atoms with E-state index in [1.807, 2.05) is 0 Å². The lowest BCUT2D eigenvalue weighted by Crippen LogP contribution is -2.03. The van der Waals surface area contributed by atoms with Crippen LogP contribution < -0.4 is 5.32 Å². The van der Waals surface area contributed by atoms with Crippen LogP contribution in [0, 0.1) is 11.5 Å². The highest BCUT2D eigenvalue weighted by Gasteiger charge is 2.03. The summed E-state index contributed by atoms with van der Waals surface area (Å²) in [5, 5.41) is 10.7. The molecule has 11 heavy (non-hydrogen) atoms. The number of nitrogens with one attached hydrogen (secondary N) is 1. The van der Waals surface area contributed by atoms with E-state index in [2.05, 4.69) is 5.32 Å². The summed E-state index contributed by atoms with van der Waals surface area (Å²) in [4.78, 5) is 0. The summed E-state index contributed by atoms with van der Waals surface area (Å²) in [5.41, 5.74) is 0.864. The first-order chi connectivity index (χ1) is 5.24. The van der Waals surface area contributed by atoms with E-state index in [1.54, 1.807) is 12.3 Å². The molecule has 0 fully saturated rings. The van der Waals surface area contributed by atoms with E-state index in [0.29, 0.717) is 15.2 Å². The van der Waals surface area contributed by atoms with Crippen molar-refractivity contribution in [3.63, 3.8) is 0 Å². The summed E-state index contributed by atoms with van der Waals surface area (Å²) >= 11 is 12.7. The summed E-state index contributed by atoms with van der Waals surface area (Å²) < 4.78 is 1.28. The standard InChI is InChI=1S/C6H4Cl2N2S/c7-5-1-4(2-10-3-9)6(8)11-5/h1,10H,2H2. The van der Waals surface area contributed by atoms with Gasteiger partial charge >= 0.3 is 0 Å². The average Bonchev–Trinajstić information content (AvgIpc) is 2.26. The predicted octanol–water partition coefficient (Wildman–Crippen LogP) is 2.63. The van der Waals surface area contributed by atoms with Gasteiger partial charge in [0.25, 0.3) is 0 Å². The minimum atomic E-state index is 0.443. The van der Waals surface area contributed by atoms with Crippen molar-refractivity contribution in [2.45, 2.75) is 6.54 Å². The molecule has 1 rings (SSSR count). The molecular formula is C6H4Cl2N2S. The highest BCUT2D eigenvalue weighted by Crippen LogP contribution is 2.30. The largest absolute Gasteiger partial charge is 0.319 e. The number of hydrogen-bond donors (Lipinski definition) is 1. The Labute approximate surface area is 78.4 Å². The van der Waals surface area contributed by atoms with E-state index >= 15 is 0 Å². The molecule has 1 aromatic rings. The smallest absolute Gasteiger partial charge is 0.176 e. The van der Waals surface area contributed by atoms with Crippen molar-refractivity contribution in [3.05, 3.63) is 20.3 Å². The van der Waals surface area contributed by atoms with Gasteiger partial charge in [-0.25, -0.2) is 0 Å². The maximum Gasteiger partial charge on any atom is 0.176 e. The molecule has 1 aromatic heterocycles. The molecule has 0 unspecified atom stereocenters. The Hall–Kier alpha value is -0.430. The number of nitrogens with zero attached hydrogens (tertiary/aromatic N) is 1. The number of nitriles is 1. The van der Waals surface area contributed by atoms with Crippen LogP contribution in [0.25, 0.3) is 0 Å². The Morgan fingerprint density at radius 1 is 1.64 bits per heavy atom. The fourth-order valence-electron chi connectivity index (χ4n) is 0.630. The van der Waals surface area contributed by atoms with Gasteiger partial charge in [0, 0.05) is 5.56 Å². The lowest BCUT2D eigenvalue weighted by Gasteiger charge is -1.92. The summed E-state index contributed by atoms with van der Waals surface area (Å²) in [6, 6.07) is 1.75. The van der Waals surface area contributed by atoms with Crippen molar-refractivity contribution in [2.75, 3.05) is 0 Å². The summed E-state index contributed by atoms with van der Waals surface area (Å²) in [6.07, 6.45) is 1.81. The Kier molecular flexibility index (Phi) is 3.01. The maximum absolute atomic E-state index is 8.19. The fraction of sp³-hybridized carbons (Fsp3) is 0.167. The van der Waals surface area contributed by atoms with Gasteiger partial charge < -0.3 is 5.32 Å². The van der Waals surface area contributed by atoms with E-state index < -0.39 is 0 Å². The number of rotatable bonds is 2. The van der Waals surface area contributed by atoms with Crippen molar-refractivity contribution in [3.8, 4) is 6.19 Å². The van der Waals surface area contributed by atoms with Crippen LogP contribution >= 0.6 is 34.5 Å². The molecule has 0 atom stereocenters. The first-order valence-corrected chi connectivity index (χ1v) is 4.37. The molecule has 1 N–H and O–H groups in total. The average molecular weight is 207 g/mol. The summed E-state index contributed by atoms with van der Waals surface area (Å²) in [6.45, 7) is 0.443. The first-order valence-electron chi connectivity index (χ1n) is 2.79. The molecule has 5 heteroatoms. The second-order valence-corrected chi connectivity index (χ2v) is 4.10. The topological polar surface area (TPSA) is 35.8 Å². The van der Waals surface area contributed by atoms with Crippen molar-refractivity contribution >= 4 is 34.5 Å². The van der Waals surface area contributed by atoms with Crippen molar-refractivity contribution in [1.82, 2.24) is 5.32 Å². The van der Waals surface area contributed by atoms with Crippen LogP contribution in [0.3, 0.4) is 0 Å². The van der Waals surface area contributed by atoms with E-state index in [1.165, 1.54) is 11.3 Å². The van der Waals surface area contributed by atoms with Gasteiger partial charge in [0.1, 0.15) is 0 Å². The van der Waals surface area contributed by atoms with Crippen LogP contribution in [0.2, 0.25) is 8.67 Å². The molecule has 1 heterocycles. The monoisotopic (exact) mass is 206 g/mol. The molecule has 0 bridgehead atoms. The molecule has 0 saturated carbocycles. The minimum Gasteiger partial charge on any atom is -0.319 e. The van der Waals surface area contributed by atoms with Gasteiger partial charge in [0.05, 0.1) is 15.2 Å². The van der Waals surface area contributed by atoms with Crippen LogP contribution in [0.5, 0.6) is 0 Å². The second kappa shape index (κ2) is 3.82. The molecule has 0 aromatic carbocycles. The first kappa shape index (κ1) is 8.66. The lowest BCUT2D eigenvalue weighted by atomic mass is 10.3. The Bertz CT molecular complexity index is 289. The van der Waals surface area contributed by atoms with Gasteiger partial charge in [0.2, 0.25) is 0 Å². The predicted molar refractivity (Wildman–Crippen MR) is 46.8 cm³/mol. The van der Waals surface area contributed by atoms with Gasteiger partial charge in [-0.15, -0.1) is 11.3 Å². The van der Waals surface area contributed by atoms with Crippen molar-refractivity contribution < 1.29 is 0 Å². The highest BCUT2D eigenvalue weighted by molar-refractivity contribution is 7.20. The van der Waals surface area contributed by atoms with Gasteiger partial charge in [-0.3, -0.25) is 0 Å². The van der Waals surface area contributed by atoms with Crippen LogP contribution in [0.4, 0.5) is 0 Å². The normalized spacial score (nSPS) is 9.18. The van der Waals surface area contributed by atoms with Gasteiger partial charge in [-0.05, 0) is 6.07 Å². The third-order valence-electron chi connectivity index (χ3n) is 1.09. The maximum atomic E-state index is 8.19. The molecule has 0 saturated heterocycles. The zero-order valence-corrected chi connectivity index (χ0v) is 7.72. The van der Waals surface area contributed by atoms with E-state index in [4.69, 9.17) is 28.5 Å². The molecule has 0 spiro atoms. The number of halogens is 2. The Morgan fingerprint density at radius 3 is 2.82 bits per heavy atom. The van der Waals surface area contributed by atoms with Crippen LogP contribution in [0.1, 0.15) is 5.56 Å². The summed E-state index contributed by atoms with van der Waals surface area (Å²) in [7, 11) is 0. The Morgan fingerprint density at radius 2 is 2.36 bits per heavy atom. The molecular weight excluding hydrogens is 203 g/mol. The Balaban J connectivity index is 2.71. The molecule has 0 aliphatic carbocycles. The third kappa shape index (κ3) is 2.26. The van der Waals surface area contributed by atoms with Gasteiger partial charge in [-0.1, -0.05) is 23.2 Å². The zero-order chi connectivity index (χ0) is 8.27. The van der Waals surface area contributed by atoms with E-state index in [9.17, 15) is 0 Å². The minimum absolute atomic E-state index is 0.443. The number of hydrogen-bond acceptors (Lipinski definition) is 3. The lowest BCUT2D eigenvalue weighted by molar-refractivity contribution is 0.889. The van der Waals surface area contributed by atoms with Crippen LogP contribution in [-0.4, -0.2) is 0 Å². The molecule has 0 aliphatic heterocycles. The van der Waals surface area contributed by atoms with Crippen molar-refractivity contribution in [1.29, 1.82) is 5.26 Å². The summed E-state index contributed by atoms with van der Waals surface area (Å²) in [5.74, 6) is 0. The van der Waals surface area contributed by atoms with E-state index in [-0.39, 0.29) is 0 Å². The van der Waals surface area contributed by atoms with Crippen molar-refractivity contribution in [2.24, 2.45) is 0 Å². The molecule has 58 valence electrons. The SMILES string of the molecule is N#CNCc1cc(Cl)sc1Cl. The quantitative estimate of drug-likeness (QED) is 0.597. The van der Waals surface area contributed by atoms with Gasteiger partial charge in [0.15, 0.2) is 6.19 Å². The molecule has 0 amide bonds. The van der Waals surface area contributed by atoms with E-state index in [0.717, 1.165) is 5.56 Å². The van der Waals surface area contributed by atoms with Crippen LogP contribution in [0.15, 0.2) is 6.07 Å².